The molecule has 6 rings (SSSR count). The van der Waals surface area contributed by atoms with Gasteiger partial charge in [0, 0.05) is 46.1 Å². The Balaban J connectivity index is 1.57. The minimum atomic E-state index is -4.42. The number of nitrogens with zero attached hydrogens (tertiary/aromatic N) is 2. The third-order valence-electron chi connectivity index (χ3n) is 7.74. The van der Waals surface area contributed by atoms with Crippen LogP contribution in [0, 0.1) is 6.92 Å². The van der Waals surface area contributed by atoms with E-state index in [-0.39, 0.29) is 6.54 Å². The van der Waals surface area contributed by atoms with Crippen LogP contribution < -0.4 is 9.64 Å². The number of rotatable bonds is 6. The zero-order valence-electron chi connectivity index (χ0n) is 24.7. The molecule has 2 aliphatic rings. The van der Waals surface area contributed by atoms with E-state index in [9.17, 15) is 23.1 Å². The van der Waals surface area contributed by atoms with E-state index in [2.05, 4.69) is 6.58 Å². The van der Waals surface area contributed by atoms with Crippen molar-refractivity contribution in [2.45, 2.75) is 63.4 Å². The fourth-order valence-corrected chi connectivity index (χ4v) is 6.96. The molecule has 3 aromatic carbocycles. The minimum absolute atomic E-state index is 0.284. The van der Waals surface area contributed by atoms with Gasteiger partial charge in [0.1, 0.15) is 5.75 Å². The molecule has 0 radical (unpaired) electrons. The lowest BCUT2D eigenvalue weighted by Gasteiger charge is -2.29. The average molecular weight is 621 g/mol. The zero-order valence-corrected chi connectivity index (χ0v) is 25.5. The van der Waals surface area contributed by atoms with Crippen LogP contribution in [0.15, 0.2) is 71.2 Å². The highest BCUT2D eigenvalue weighted by molar-refractivity contribution is 8.03. The Labute approximate surface area is 257 Å². The van der Waals surface area contributed by atoms with E-state index < -0.39 is 29.4 Å². The summed E-state index contributed by atoms with van der Waals surface area (Å²) in [4.78, 5) is 20.3. The Kier molecular flexibility index (Phi) is 7.41. The van der Waals surface area contributed by atoms with Crippen LogP contribution in [0.5, 0.6) is 5.75 Å². The molecule has 0 fully saturated rings. The molecule has 1 atom stereocenters. The van der Waals surface area contributed by atoms with Crippen LogP contribution in [0.3, 0.4) is 0 Å². The number of anilines is 1. The van der Waals surface area contributed by atoms with Crippen molar-refractivity contribution in [3.63, 3.8) is 0 Å². The maximum atomic E-state index is 13.2. The lowest BCUT2D eigenvalue weighted by atomic mass is 9.88. The van der Waals surface area contributed by atoms with E-state index in [1.807, 2.05) is 56.9 Å². The number of thioether (sulfide) groups is 1. The van der Waals surface area contributed by atoms with Gasteiger partial charge in [-0.3, -0.25) is 4.98 Å². The zero-order chi connectivity index (χ0) is 31.6. The molecule has 1 N–H and O–H groups in total. The highest BCUT2D eigenvalue weighted by Crippen LogP contribution is 2.55. The molecule has 0 amide bonds. The molecule has 0 saturated heterocycles. The van der Waals surface area contributed by atoms with Gasteiger partial charge in [-0.1, -0.05) is 30.5 Å². The van der Waals surface area contributed by atoms with Gasteiger partial charge in [-0.2, -0.15) is 13.2 Å². The Morgan fingerprint density at radius 2 is 1.89 bits per heavy atom. The van der Waals surface area contributed by atoms with Gasteiger partial charge >= 0.3 is 12.1 Å². The van der Waals surface area contributed by atoms with Crippen LogP contribution >= 0.6 is 11.8 Å². The fourth-order valence-electron chi connectivity index (χ4n) is 5.86. The second-order valence-electron chi connectivity index (χ2n) is 12.0. The maximum Gasteiger partial charge on any atom is 0.416 e. The van der Waals surface area contributed by atoms with Crippen molar-refractivity contribution < 1.29 is 32.5 Å². The molecule has 44 heavy (non-hydrogen) atoms. The molecule has 0 unspecified atom stereocenters. The molecule has 228 valence electrons. The molecule has 4 aromatic rings. The Morgan fingerprint density at radius 1 is 1.16 bits per heavy atom. The van der Waals surface area contributed by atoms with Crippen molar-refractivity contribution in [1.29, 1.82) is 0 Å². The first-order chi connectivity index (χ1) is 20.7. The molecule has 3 heterocycles. The molecule has 1 aromatic heterocycles. The number of carboxylic acid groups (broad SMARTS) is 1. The first-order valence-corrected chi connectivity index (χ1v) is 15.0. The second-order valence-corrected chi connectivity index (χ2v) is 13.0. The topological polar surface area (TPSA) is 71.9 Å². The van der Waals surface area contributed by atoms with Gasteiger partial charge in [0.05, 0.1) is 34.0 Å². The molecule has 6 nitrogen and oxygen atoms in total. The third kappa shape index (κ3) is 5.41. The summed E-state index contributed by atoms with van der Waals surface area (Å²) in [7, 11) is 0. The highest BCUT2D eigenvalue weighted by Gasteiger charge is 2.37. The summed E-state index contributed by atoms with van der Waals surface area (Å²) in [5, 5.41) is 12.0. The predicted molar refractivity (Wildman–Crippen MR) is 165 cm³/mol. The number of carboxylic acids is 1. The normalized spacial score (nSPS) is 15.3. The number of carbonyl (C=O) groups is 1. The number of halogens is 3. The van der Waals surface area contributed by atoms with Crippen LogP contribution in [0.1, 0.15) is 54.7 Å². The van der Waals surface area contributed by atoms with Crippen molar-refractivity contribution in [2.75, 3.05) is 11.5 Å². The van der Waals surface area contributed by atoms with Crippen molar-refractivity contribution in [1.82, 2.24) is 4.98 Å². The maximum absolute atomic E-state index is 13.2. The quantitative estimate of drug-likeness (QED) is 0.231. The molecule has 0 saturated carbocycles. The van der Waals surface area contributed by atoms with Gasteiger partial charge in [0.15, 0.2) is 6.10 Å². The van der Waals surface area contributed by atoms with Gasteiger partial charge < -0.3 is 19.5 Å². The Bertz CT molecular complexity index is 1800. The van der Waals surface area contributed by atoms with E-state index in [4.69, 9.17) is 14.5 Å². The lowest BCUT2D eigenvalue weighted by molar-refractivity contribution is -0.160. The van der Waals surface area contributed by atoms with E-state index in [0.29, 0.717) is 39.4 Å². The van der Waals surface area contributed by atoms with E-state index >= 15 is 0 Å². The van der Waals surface area contributed by atoms with Crippen molar-refractivity contribution in [3.05, 3.63) is 94.2 Å². The number of aromatic nitrogens is 1. The van der Waals surface area contributed by atoms with Crippen LogP contribution in [-0.4, -0.2) is 28.3 Å². The van der Waals surface area contributed by atoms with Gasteiger partial charge in [-0.15, -0.1) is 0 Å². The lowest BCUT2D eigenvalue weighted by Crippen LogP contribution is -2.28. The van der Waals surface area contributed by atoms with Crippen LogP contribution in [0.2, 0.25) is 0 Å². The molecule has 0 bridgehead atoms. The number of fused-ring (bicyclic) bond motifs is 1. The summed E-state index contributed by atoms with van der Waals surface area (Å²) < 4.78 is 51.7. The Hall–Kier alpha value is -4.02. The number of benzene rings is 3. The van der Waals surface area contributed by atoms with Crippen molar-refractivity contribution in [2.24, 2.45) is 0 Å². The fraction of sp³-hybridized carbons (Fsp3) is 0.294. The summed E-state index contributed by atoms with van der Waals surface area (Å²) in [5.74, 6) is -0.391. The number of alkyl halides is 3. The minimum Gasteiger partial charge on any atom is -0.493 e. The largest absolute Gasteiger partial charge is 0.493 e. The van der Waals surface area contributed by atoms with Gasteiger partial charge in [-0.25, -0.2) is 4.79 Å². The number of ether oxygens (including phenoxy) is 2. The van der Waals surface area contributed by atoms with Gasteiger partial charge in [-0.05, 0) is 80.8 Å². The summed E-state index contributed by atoms with van der Waals surface area (Å²) >= 11 is 1.40. The molecule has 0 aliphatic carbocycles. The van der Waals surface area contributed by atoms with Gasteiger partial charge in [0.25, 0.3) is 0 Å². The number of hydrogen-bond acceptors (Lipinski definition) is 6. The molecular weight excluding hydrogens is 589 g/mol. The third-order valence-corrected chi connectivity index (χ3v) is 8.81. The first-order valence-electron chi connectivity index (χ1n) is 14.2. The summed E-state index contributed by atoms with van der Waals surface area (Å²) in [6.07, 6.45) is -3.22. The number of aliphatic carboxylic acids is 1. The second kappa shape index (κ2) is 10.9. The summed E-state index contributed by atoms with van der Waals surface area (Å²) in [6.45, 7) is 12.4. The average Bonchev–Trinajstić information content (AvgIpc) is 3.25. The number of aryl methyl sites for hydroxylation is 1. The van der Waals surface area contributed by atoms with Crippen LogP contribution in [-0.2, 0) is 28.7 Å². The molecule has 10 heteroatoms. The number of hydrogen-bond donors (Lipinski definition) is 1. The molecule has 2 aliphatic heterocycles. The highest BCUT2D eigenvalue weighted by atomic mass is 32.2. The van der Waals surface area contributed by atoms with E-state index in [0.717, 1.165) is 51.4 Å². The van der Waals surface area contributed by atoms with Crippen LogP contribution in [0.4, 0.5) is 18.9 Å². The van der Waals surface area contributed by atoms with E-state index in [1.54, 1.807) is 6.20 Å². The van der Waals surface area contributed by atoms with Crippen LogP contribution in [0.25, 0.3) is 22.0 Å². The van der Waals surface area contributed by atoms with Crippen molar-refractivity contribution in [3.8, 4) is 16.9 Å². The monoisotopic (exact) mass is 620 g/mol. The first kappa shape index (κ1) is 30.0. The molecular formula is C34H31F3N2O4S. The smallest absolute Gasteiger partial charge is 0.416 e. The number of pyridine rings is 1. The van der Waals surface area contributed by atoms with Crippen molar-refractivity contribution >= 4 is 34.3 Å². The van der Waals surface area contributed by atoms with Gasteiger partial charge in [0.2, 0.25) is 0 Å². The Morgan fingerprint density at radius 3 is 2.55 bits per heavy atom. The SMILES string of the molecule is C=C1Sc2c(cc(C)c([C@H](OC(C)(C)C)C(=O)O)c2-c2ccc3c4c(ccnc24)CCO3)N1Cc1ccc(C(F)(F)F)cc1. The molecule has 0 spiro atoms. The summed E-state index contributed by atoms with van der Waals surface area (Å²) in [6, 6.07) is 12.8. The predicted octanol–water partition coefficient (Wildman–Crippen LogP) is 8.69. The van der Waals surface area contributed by atoms with E-state index in [1.165, 1.54) is 23.9 Å². The summed E-state index contributed by atoms with van der Waals surface area (Å²) in [5.41, 5.74) is 4.42. The standard InChI is InChI=1S/C34H31F3N2O4S/c1-18-16-24-31(44-19(2)39(24)17-20-6-8-22(9-7-20)34(35,36)37)28(26(18)30(32(40)41)43-33(3,4)5)23-10-11-25-27-21(13-15-42-25)12-14-38-29(23)27/h6-12,14,16,30H,2,13,15,17H2,1,3-5H3,(H,40,41)/t30-/m0/s1.